The number of hydrogen-bond donors (Lipinski definition) is 1. The predicted molar refractivity (Wildman–Crippen MR) is 75.3 cm³/mol. The number of piperazine rings is 1. The molecule has 2 unspecified atom stereocenters. The van der Waals surface area contributed by atoms with Crippen LogP contribution in [0.1, 0.15) is 19.4 Å². The van der Waals surface area contributed by atoms with Gasteiger partial charge in [0.1, 0.15) is 5.75 Å². The lowest BCUT2D eigenvalue weighted by molar-refractivity contribution is -0.132. The van der Waals surface area contributed by atoms with E-state index in [1.54, 1.807) is 7.11 Å². The first kappa shape index (κ1) is 13.9. The van der Waals surface area contributed by atoms with Crippen LogP contribution in [0.5, 0.6) is 5.75 Å². The molecule has 1 aromatic rings. The molecule has 4 heteroatoms. The van der Waals surface area contributed by atoms with Crippen LogP contribution in [0.15, 0.2) is 24.3 Å². The third kappa shape index (κ3) is 3.47. The van der Waals surface area contributed by atoms with E-state index in [2.05, 4.69) is 19.2 Å². The second kappa shape index (κ2) is 6.06. The minimum atomic E-state index is 0.171. The fraction of sp³-hybridized carbons (Fsp3) is 0.533. The SMILES string of the molecule is COc1ccccc1CC(=O)N1CC(C)NC(C)C1. The first-order valence-electron chi connectivity index (χ1n) is 6.76. The van der Waals surface area contributed by atoms with Crippen LogP contribution < -0.4 is 10.1 Å². The van der Waals surface area contributed by atoms with Gasteiger partial charge in [-0.1, -0.05) is 18.2 Å². The largest absolute Gasteiger partial charge is 0.496 e. The monoisotopic (exact) mass is 262 g/mol. The second-order valence-corrected chi connectivity index (χ2v) is 5.26. The van der Waals surface area contributed by atoms with Gasteiger partial charge < -0.3 is 15.0 Å². The Labute approximate surface area is 114 Å². The van der Waals surface area contributed by atoms with Crippen molar-refractivity contribution in [3.8, 4) is 5.75 Å². The first-order chi connectivity index (χ1) is 9.10. The lowest BCUT2D eigenvalue weighted by Gasteiger charge is -2.36. The Morgan fingerprint density at radius 3 is 2.58 bits per heavy atom. The molecule has 2 atom stereocenters. The molecule has 1 saturated heterocycles. The predicted octanol–water partition coefficient (Wildman–Crippen LogP) is 1.45. The van der Waals surface area contributed by atoms with Crippen LogP contribution in [0.4, 0.5) is 0 Å². The molecule has 19 heavy (non-hydrogen) atoms. The summed E-state index contributed by atoms with van der Waals surface area (Å²) < 4.78 is 5.29. The van der Waals surface area contributed by atoms with Gasteiger partial charge in [0.05, 0.1) is 13.5 Å². The Hall–Kier alpha value is -1.55. The van der Waals surface area contributed by atoms with Gasteiger partial charge in [0.15, 0.2) is 0 Å². The molecule has 104 valence electrons. The van der Waals surface area contributed by atoms with Gasteiger partial charge in [-0.05, 0) is 19.9 Å². The average molecular weight is 262 g/mol. The molecule has 1 aliphatic rings. The minimum Gasteiger partial charge on any atom is -0.496 e. The van der Waals surface area contributed by atoms with Crippen molar-refractivity contribution in [2.24, 2.45) is 0 Å². The topological polar surface area (TPSA) is 41.6 Å². The number of rotatable bonds is 3. The number of carbonyl (C=O) groups excluding carboxylic acids is 1. The zero-order chi connectivity index (χ0) is 13.8. The minimum absolute atomic E-state index is 0.171. The van der Waals surface area contributed by atoms with Gasteiger partial charge in [-0.15, -0.1) is 0 Å². The quantitative estimate of drug-likeness (QED) is 0.896. The molecule has 2 rings (SSSR count). The molecule has 0 radical (unpaired) electrons. The third-order valence-electron chi connectivity index (χ3n) is 3.44. The molecule has 4 nitrogen and oxygen atoms in total. The zero-order valence-corrected chi connectivity index (χ0v) is 11.8. The summed E-state index contributed by atoms with van der Waals surface area (Å²) in [6.07, 6.45) is 0.406. The summed E-state index contributed by atoms with van der Waals surface area (Å²) >= 11 is 0. The van der Waals surface area contributed by atoms with E-state index in [4.69, 9.17) is 4.74 Å². The van der Waals surface area contributed by atoms with E-state index in [-0.39, 0.29) is 5.91 Å². The number of nitrogens with one attached hydrogen (secondary N) is 1. The highest BCUT2D eigenvalue weighted by atomic mass is 16.5. The van der Waals surface area contributed by atoms with Crippen molar-refractivity contribution >= 4 is 5.91 Å². The molecule has 1 heterocycles. The Morgan fingerprint density at radius 1 is 1.32 bits per heavy atom. The summed E-state index contributed by atoms with van der Waals surface area (Å²) in [6.45, 7) is 5.77. The van der Waals surface area contributed by atoms with Gasteiger partial charge in [-0.3, -0.25) is 4.79 Å². The number of benzene rings is 1. The normalized spacial score (nSPS) is 23.2. The highest BCUT2D eigenvalue weighted by Crippen LogP contribution is 2.19. The lowest BCUT2D eigenvalue weighted by atomic mass is 10.1. The van der Waals surface area contributed by atoms with E-state index in [0.29, 0.717) is 18.5 Å². The first-order valence-corrected chi connectivity index (χ1v) is 6.76. The van der Waals surface area contributed by atoms with Gasteiger partial charge in [0, 0.05) is 30.7 Å². The number of nitrogens with zero attached hydrogens (tertiary/aromatic N) is 1. The Bertz CT molecular complexity index is 438. The standard InChI is InChI=1S/C15H22N2O2/c1-11-9-17(10-12(2)16-11)15(18)8-13-6-4-5-7-14(13)19-3/h4-7,11-12,16H,8-10H2,1-3H3. The molecule has 1 N–H and O–H groups in total. The highest BCUT2D eigenvalue weighted by molar-refractivity contribution is 5.79. The Morgan fingerprint density at radius 2 is 1.95 bits per heavy atom. The van der Waals surface area contributed by atoms with Crippen molar-refractivity contribution in [2.45, 2.75) is 32.4 Å². The van der Waals surface area contributed by atoms with Gasteiger partial charge >= 0.3 is 0 Å². The summed E-state index contributed by atoms with van der Waals surface area (Å²) in [5.74, 6) is 0.955. The van der Waals surface area contributed by atoms with Crippen molar-refractivity contribution in [2.75, 3.05) is 20.2 Å². The molecule has 1 aromatic carbocycles. The molecule has 0 bridgehead atoms. The number of hydrogen-bond acceptors (Lipinski definition) is 3. The molecular formula is C15H22N2O2. The fourth-order valence-corrected chi connectivity index (χ4v) is 2.65. The maximum atomic E-state index is 12.4. The highest BCUT2D eigenvalue weighted by Gasteiger charge is 2.25. The van der Waals surface area contributed by atoms with Crippen molar-refractivity contribution in [3.05, 3.63) is 29.8 Å². The summed E-state index contributed by atoms with van der Waals surface area (Å²) in [5.41, 5.74) is 0.953. The van der Waals surface area contributed by atoms with Crippen molar-refractivity contribution in [3.63, 3.8) is 0 Å². The number of carbonyl (C=O) groups is 1. The second-order valence-electron chi connectivity index (χ2n) is 5.26. The van der Waals surface area contributed by atoms with Gasteiger partial charge in [0.2, 0.25) is 5.91 Å². The Kier molecular flexibility index (Phi) is 4.43. The number of amides is 1. The molecule has 1 amide bonds. The summed E-state index contributed by atoms with van der Waals surface area (Å²) in [5, 5.41) is 3.43. The molecule has 0 aromatic heterocycles. The molecular weight excluding hydrogens is 240 g/mol. The molecule has 1 aliphatic heterocycles. The van der Waals surface area contributed by atoms with Gasteiger partial charge in [-0.25, -0.2) is 0 Å². The van der Waals surface area contributed by atoms with E-state index in [1.165, 1.54) is 0 Å². The van der Waals surface area contributed by atoms with Crippen molar-refractivity contribution < 1.29 is 9.53 Å². The van der Waals surface area contributed by atoms with Crippen LogP contribution in [0.2, 0.25) is 0 Å². The Balaban J connectivity index is 2.04. The number of para-hydroxylation sites is 1. The maximum Gasteiger partial charge on any atom is 0.227 e. The number of methoxy groups -OCH3 is 1. The summed E-state index contributed by atoms with van der Waals surface area (Å²) in [4.78, 5) is 14.3. The van der Waals surface area contributed by atoms with E-state index < -0.39 is 0 Å². The average Bonchev–Trinajstić information content (AvgIpc) is 2.38. The maximum absolute atomic E-state index is 12.4. The number of ether oxygens (including phenoxy) is 1. The van der Waals surface area contributed by atoms with Gasteiger partial charge in [0.25, 0.3) is 0 Å². The summed E-state index contributed by atoms with van der Waals surface area (Å²) in [6, 6.07) is 8.41. The molecule has 1 fully saturated rings. The van der Waals surface area contributed by atoms with E-state index >= 15 is 0 Å². The molecule has 0 saturated carbocycles. The van der Waals surface area contributed by atoms with Crippen molar-refractivity contribution in [1.29, 1.82) is 0 Å². The third-order valence-corrected chi connectivity index (χ3v) is 3.44. The van der Waals surface area contributed by atoms with E-state index in [1.807, 2.05) is 29.2 Å². The molecule has 0 spiro atoms. The van der Waals surface area contributed by atoms with Crippen LogP contribution in [-0.2, 0) is 11.2 Å². The van der Waals surface area contributed by atoms with E-state index in [0.717, 1.165) is 24.4 Å². The van der Waals surface area contributed by atoms with E-state index in [9.17, 15) is 4.79 Å². The summed E-state index contributed by atoms with van der Waals surface area (Å²) in [7, 11) is 1.64. The van der Waals surface area contributed by atoms with Gasteiger partial charge in [-0.2, -0.15) is 0 Å². The fourth-order valence-electron chi connectivity index (χ4n) is 2.65. The van der Waals surface area contributed by atoms with Crippen LogP contribution in [0.25, 0.3) is 0 Å². The smallest absolute Gasteiger partial charge is 0.227 e. The molecule has 0 aliphatic carbocycles. The van der Waals surface area contributed by atoms with Crippen LogP contribution in [-0.4, -0.2) is 43.1 Å². The zero-order valence-electron chi connectivity index (χ0n) is 11.8. The lowest BCUT2D eigenvalue weighted by Crippen LogP contribution is -2.56. The van der Waals surface area contributed by atoms with Crippen molar-refractivity contribution in [1.82, 2.24) is 10.2 Å². The van der Waals surface area contributed by atoms with Crippen LogP contribution >= 0.6 is 0 Å². The van der Waals surface area contributed by atoms with Crippen LogP contribution in [0.3, 0.4) is 0 Å². The van der Waals surface area contributed by atoms with Crippen LogP contribution in [0, 0.1) is 0 Å².